The smallest absolute Gasteiger partial charge is 0.150 e. The number of carbonyl (C=O) groups is 1. The molecule has 1 heterocycles. The molecule has 2 aromatic carbocycles. The second kappa shape index (κ2) is 5.04. The van der Waals surface area contributed by atoms with Crippen LogP contribution in [0, 0.1) is 5.92 Å². The zero-order valence-electron chi connectivity index (χ0n) is 11.3. The largest absolute Gasteiger partial charge is 0.371 e. The van der Waals surface area contributed by atoms with Gasteiger partial charge in [0.1, 0.15) is 6.29 Å². The van der Waals surface area contributed by atoms with Crippen LogP contribution in [0.15, 0.2) is 36.4 Å². The Bertz CT molecular complexity index is 597. The van der Waals surface area contributed by atoms with E-state index in [4.69, 9.17) is 0 Å². The number of hydrogen-bond donors (Lipinski definition) is 0. The maximum atomic E-state index is 10.8. The van der Waals surface area contributed by atoms with Gasteiger partial charge >= 0.3 is 0 Å². The molecule has 1 fully saturated rings. The molecule has 0 aromatic heterocycles. The summed E-state index contributed by atoms with van der Waals surface area (Å²) >= 11 is 0. The summed E-state index contributed by atoms with van der Waals surface area (Å²) in [5.74, 6) is 0.854. The minimum Gasteiger partial charge on any atom is -0.371 e. The van der Waals surface area contributed by atoms with Gasteiger partial charge < -0.3 is 4.90 Å². The molecule has 0 unspecified atom stereocenters. The van der Waals surface area contributed by atoms with Crippen molar-refractivity contribution in [3.05, 3.63) is 42.0 Å². The third kappa shape index (κ3) is 2.48. The zero-order chi connectivity index (χ0) is 13.2. The minimum absolute atomic E-state index is 0.743. The van der Waals surface area contributed by atoms with Gasteiger partial charge in [-0.05, 0) is 47.7 Å². The molecule has 0 spiro atoms. The van der Waals surface area contributed by atoms with Gasteiger partial charge in [0.25, 0.3) is 0 Å². The summed E-state index contributed by atoms with van der Waals surface area (Å²) in [5.41, 5.74) is 2.05. The Kier molecular flexibility index (Phi) is 3.24. The summed E-state index contributed by atoms with van der Waals surface area (Å²) in [7, 11) is 0. The number of piperidine rings is 1. The van der Waals surface area contributed by atoms with Crippen molar-refractivity contribution in [3.8, 4) is 0 Å². The van der Waals surface area contributed by atoms with Crippen LogP contribution in [0.5, 0.6) is 0 Å². The van der Waals surface area contributed by atoms with E-state index in [0.717, 1.165) is 36.2 Å². The number of carbonyl (C=O) groups excluding carboxylic acids is 1. The van der Waals surface area contributed by atoms with Gasteiger partial charge in [0.05, 0.1) is 0 Å². The molecule has 2 aromatic rings. The highest BCUT2D eigenvalue weighted by molar-refractivity contribution is 5.90. The molecule has 0 amide bonds. The molecule has 1 aliphatic heterocycles. The van der Waals surface area contributed by atoms with Crippen molar-refractivity contribution in [2.75, 3.05) is 18.0 Å². The van der Waals surface area contributed by atoms with E-state index in [1.54, 1.807) is 0 Å². The molecule has 2 nitrogen and oxygen atoms in total. The molecule has 1 saturated heterocycles. The van der Waals surface area contributed by atoms with Crippen LogP contribution >= 0.6 is 0 Å². The van der Waals surface area contributed by atoms with Gasteiger partial charge in [0.15, 0.2) is 0 Å². The van der Waals surface area contributed by atoms with Crippen LogP contribution in [0.4, 0.5) is 5.69 Å². The zero-order valence-corrected chi connectivity index (χ0v) is 11.3. The van der Waals surface area contributed by atoms with Crippen molar-refractivity contribution < 1.29 is 4.79 Å². The first-order valence-electron chi connectivity index (χ1n) is 7.00. The molecule has 0 atom stereocenters. The third-order valence-electron chi connectivity index (χ3n) is 4.13. The SMILES string of the molecule is CC1CCN(c2ccc3cc(C=O)ccc3c2)CC1. The maximum Gasteiger partial charge on any atom is 0.150 e. The minimum atomic E-state index is 0.743. The van der Waals surface area contributed by atoms with Crippen LogP contribution < -0.4 is 4.90 Å². The van der Waals surface area contributed by atoms with E-state index in [0.29, 0.717) is 0 Å². The van der Waals surface area contributed by atoms with E-state index >= 15 is 0 Å². The first-order valence-corrected chi connectivity index (χ1v) is 7.00. The van der Waals surface area contributed by atoms with Crippen molar-refractivity contribution in [3.63, 3.8) is 0 Å². The quantitative estimate of drug-likeness (QED) is 0.757. The van der Waals surface area contributed by atoms with Crippen LogP contribution in [0.3, 0.4) is 0 Å². The summed E-state index contributed by atoms with van der Waals surface area (Å²) < 4.78 is 0. The van der Waals surface area contributed by atoms with Crippen molar-refractivity contribution in [1.29, 1.82) is 0 Å². The van der Waals surface area contributed by atoms with Crippen LogP contribution in [0.25, 0.3) is 10.8 Å². The fraction of sp³-hybridized carbons (Fsp3) is 0.353. The van der Waals surface area contributed by atoms with E-state index < -0.39 is 0 Å². The molecular weight excluding hydrogens is 234 g/mol. The fourth-order valence-corrected chi connectivity index (χ4v) is 2.79. The molecule has 2 heteroatoms. The third-order valence-corrected chi connectivity index (χ3v) is 4.13. The van der Waals surface area contributed by atoms with Gasteiger partial charge in [-0.25, -0.2) is 0 Å². The first kappa shape index (κ1) is 12.2. The normalized spacial score (nSPS) is 16.8. The van der Waals surface area contributed by atoms with Crippen LogP contribution in [-0.4, -0.2) is 19.4 Å². The lowest BCUT2D eigenvalue weighted by molar-refractivity contribution is 0.112. The topological polar surface area (TPSA) is 20.3 Å². The Balaban J connectivity index is 1.91. The standard InChI is InChI=1S/C17H19NO/c1-13-6-8-18(9-7-13)17-5-4-15-10-14(12-19)2-3-16(15)11-17/h2-5,10-13H,6-9H2,1H3. The second-order valence-electron chi connectivity index (χ2n) is 5.58. The average Bonchev–Trinajstić information content (AvgIpc) is 2.47. The molecule has 0 saturated carbocycles. The average molecular weight is 253 g/mol. The van der Waals surface area contributed by atoms with E-state index in [9.17, 15) is 4.79 Å². The summed E-state index contributed by atoms with van der Waals surface area (Å²) in [4.78, 5) is 13.3. The number of aldehydes is 1. The van der Waals surface area contributed by atoms with Crippen molar-refractivity contribution in [2.24, 2.45) is 5.92 Å². The molecule has 0 N–H and O–H groups in total. The van der Waals surface area contributed by atoms with Crippen LogP contribution in [-0.2, 0) is 0 Å². The molecule has 19 heavy (non-hydrogen) atoms. The lowest BCUT2D eigenvalue weighted by atomic mass is 9.98. The molecule has 1 aliphatic rings. The Morgan fingerprint density at radius 2 is 1.74 bits per heavy atom. The van der Waals surface area contributed by atoms with Gasteiger partial charge in [0, 0.05) is 24.3 Å². The van der Waals surface area contributed by atoms with Gasteiger partial charge in [-0.3, -0.25) is 4.79 Å². The second-order valence-corrected chi connectivity index (χ2v) is 5.58. The number of nitrogens with zero attached hydrogens (tertiary/aromatic N) is 1. The summed E-state index contributed by atoms with van der Waals surface area (Å²) in [5, 5.41) is 2.35. The number of rotatable bonds is 2. The number of fused-ring (bicyclic) bond motifs is 1. The van der Waals surface area contributed by atoms with E-state index in [2.05, 4.69) is 30.0 Å². The van der Waals surface area contributed by atoms with Crippen molar-refractivity contribution >= 4 is 22.7 Å². The molecule has 98 valence electrons. The van der Waals surface area contributed by atoms with Crippen LogP contribution in [0.1, 0.15) is 30.1 Å². The maximum absolute atomic E-state index is 10.8. The molecular formula is C17H19NO. The highest BCUT2D eigenvalue weighted by Crippen LogP contribution is 2.26. The monoisotopic (exact) mass is 253 g/mol. The highest BCUT2D eigenvalue weighted by atomic mass is 16.1. The number of benzene rings is 2. The van der Waals surface area contributed by atoms with Crippen molar-refractivity contribution in [2.45, 2.75) is 19.8 Å². The summed E-state index contributed by atoms with van der Waals surface area (Å²) in [6, 6.07) is 12.4. The van der Waals surface area contributed by atoms with Gasteiger partial charge in [-0.15, -0.1) is 0 Å². The molecule has 0 aliphatic carbocycles. The van der Waals surface area contributed by atoms with Crippen molar-refractivity contribution in [1.82, 2.24) is 0 Å². The fourth-order valence-electron chi connectivity index (χ4n) is 2.79. The number of hydrogen-bond acceptors (Lipinski definition) is 2. The van der Waals surface area contributed by atoms with E-state index in [1.165, 1.54) is 23.9 Å². The Hall–Kier alpha value is -1.83. The predicted octanol–water partition coefficient (Wildman–Crippen LogP) is 3.89. The summed E-state index contributed by atoms with van der Waals surface area (Å²) in [6.07, 6.45) is 3.46. The van der Waals surface area contributed by atoms with Crippen LogP contribution in [0.2, 0.25) is 0 Å². The first-order chi connectivity index (χ1) is 9.26. The predicted molar refractivity (Wildman–Crippen MR) is 79.9 cm³/mol. The molecule has 0 bridgehead atoms. The molecule has 3 rings (SSSR count). The Morgan fingerprint density at radius 3 is 2.47 bits per heavy atom. The summed E-state index contributed by atoms with van der Waals surface area (Å²) in [6.45, 7) is 4.64. The van der Waals surface area contributed by atoms with Gasteiger partial charge in [0.2, 0.25) is 0 Å². The van der Waals surface area contributed by atoms with E-state index in [-0.39, 0.29) is 0 Å². The lowest BCUT2D eigenvalue weighted by Gasteiger charge is -2.32. The van der Waals surface area contributed by atoms with E-state index in [1.807, 2.05) is 18.2 Å². The molecule has 0 radical (unpaired) electrons. The number of anilines is 1. The Morgan fingerprint density at radius 1 is 1.05 bits per heavy atom. The van der Waals surface area contributed by atoms with Gasteiger partial charge in [-0.2, -0.15) is 0 Å². The highest BCUT2D eigenvalue weighted by Gasteiger charge is 2.16. The lowest BCUT2D eigenvalue weighted by Crippen LogP contribution is -2.32. The van der Waals surface area contributed by atoms with Gasteiger partial charge in [-0.1, -0.05) is 25.1 Å². The Labute approximate surface area is 114 Å².